The number of carbonyl (C=O) groups excluding carboxylic acids is 1. The van der Waals surface area contributed by atoms with Crippen molar-refractivity contribution in [2.24, 2.45) is 4.99 Å². The Morgan fingerprint density at radius 1 is 1.00 bits per heavy atom. The first-order valence-electron chi connectivity index (χ1n) is 9.68. The molecule has 0 saturated heterocycles. The number of nitrogens with zero attached hydrogens (tertiary/aromatic N) is 1. The van der Waals surface area contributed by atoms with Gasteiger partial charge >= 0.3 is 0 Å². The van der Waals surface area contributed by atoms with Crippen molar-refractivity contribution in [1.29, 1.82) is 0 Å². The fourth-order valence-electron chi connectivity index (χ4n) is 2.88. The number of aliphatic imine (C=N–C) groups is 1. The summed E-state index contributed by atoms with van der Waals surface area (Å²) >= 11 is 1.92. The van der Waals surface area contributed by atoms with Gasteiger partial charge in [0.25, 0.3) is 0 Å². The maximum atomic E-state index is 12.0. The summed E-state index contributed by atoms with van der Waals surface area (Å²) < 4.78 is 0.233. The molecule has 148 valence electrons. The van der Waals surface area contributed by atoms with Crippen LogP contribution < -0.4 is 16.0 Å². The average molecular weight is 397 g/mol. The maximum absolute atomic E-state index is 12.0. The van der Waals surface area contributed by atoms with E-state index in [2.05, 4.69) is 57.3 Å². The van der Waals surface area contributed by atoms with Crippen LogP contribution in [0.15, 0.2) is 70.6 Å². The summed E-state index contributed by atoms with van der Waals surface area (Å²) in [6.45, 7) is 1.68. The monoisotopic (exact) mass is 396 g/mol. The molecular formula is C22H28N4OS. The first kappa shape index (κ1) is 20.3. The third-order valence-electron chi connectivity index (χ3n) is 4.68. The highest BCUT2D eigenvalue weighted by atomic mass is 32.2. The number of amides is 1. The van der Waals surface area contributed by atoms with Crippen LogP contribution in [-0.4, -0.2) is 43.3 Å². The van der Waals surface area contributed by atoms with E-state index in [-0.39, 0.29) is 17.2 Å². The molecule has 6 heteroatoms. The lowest BCUT2D eigenvalue weighted by molar-refractivity contribution is -0.119. The van der Waals surface area contributed by atoms with Crippen molar-refractivity contribution in [2.75, 3.05) is 26.7 Å². The minimum absolute atomic E-state index is 0.0290. The molecule has 0 spiro atoms. The van der Waals surface area contributed by atoms with Gasteiger partial charge < -0.3 is 16.0 Å². The van der Waals surface area contributed by atoms with Crippen molar-refractivity contribution in [3.8, 4) is 0 Å². The standard InChI is InChI=1S/C22H28N4OS/c1-23-21(25-16-20(27)24-15-12-18-8-4-2-5-9-18)26-17-22(13-14-22)28-19-10-6-3-7-11-19/h2-11H,12-17H2,1H3,(H,24,27)(H2,23,25,26). The molecule has 0 atom stereocenters. The Balaban J connectivity index is 1.35. The zero-order chi connectivity index (χ0) is 19.7. The largest absolute Gasteiger partial charge is 0.355 e. The summed E-state index contributed by atoms with van der Waals surface area (Å²) in [5.41, 5.74) is 1.22. The number of benzene rings is 2. The van der Waals surface area contributed by atoms with E-state index >= 15 is 0 Å². The van der Waals surface area contributed by atoms with Gasteiger partial charge in [0.2, 0.25) is 5.91 Å². The Hall–Kier alpha value is -2.47. The Bertz CT molecular complexity index is 776. The molecule has 0 aromatic heterocycles. The topological polar surface area (TPSA) is 65.5 Å². The van der Waals surface area contributed by atoms with E-state index < -0.39 is 0 Å². The van der Waals surface area contributed by atoms with Crippen molar-refractivity contribution in [3.63, 3.8) is 0 Å². The lowest BCUT2D eigenvalue weighted by Crippen LogP contribution is -2.45. The third kappa shape index (κ3) is 6.60. The molecular weight excluding hydrogens is 368 g/mol. The van der Waals surface area contributed by atoms with Gasteiger partial charge in [0.15, 0.2) is 5.96 Å². The molecule has 0 unspecified atom stereocenters. The second kappa shape index (κ2) is 10.2. The van der Waals surface area contributed by atoms with Gasteiger partial charge in [0, 0.05) is 29.8 Å². The summed E-state index contributed by atoms with van der Waals surface area (Å²) in [4.78, 5) is 17.6. The van der Waals surface area contributed by atoms with Crippen molar-refractivity contribution >= 4 is 23.6 Å². The normalized spacial score (nSPS) is 15.0. The van der Waals surface area contributed by atoms with Crippen LogP contribution in [0.2, 0.25) is 0 Å². The van der Waals surface area contributed by atoms with E-state index in [1.165, 1.54) is 23.3 Å². The molecule has 1 fully saturated rings. The maximum Gasteiger partial charge on any atom is 0.239 e. The lowest BCUT2D eigenvalue weighted by Gasteiger charge is -2.18. The minimum atomic E-state index is -0.0290. The van der Waals surface area contributed by atoms with Gasteiger partial charge in [0.1, 0.15) is 0 Å². The van der Waals surface area contributed by atoms with Crippen LogP contribution in [0.4, 0.5) is 0 Å². The fraction of sp³-hybridized carbons (Fsp3) is 0.364. The molecule has 0 heterocycles. The lowest BCUT2D eigenvalue weighted by atomic mass is 10.1. The smallest absolute Gasteiger partial charge is 0.239 e. The van der Waals surface area contributed by atoms with Gasteiger partial charge in [-0.05, 0) is 37.0 Å². The third-order valence-corrected chi connectivity index (χ3v) is 6.18. The predicted molar refractivity (Wildman–Crippen MR) is 117 cm³/mol. The van der Waals surface area contributed by atoms with Crippen LogP contribution in [0.5, 0.6) is 0 Å². The minimum Gasteiger partial charge on any atom is -0.355 e. The quantitative estimate of drug-likeness (QED) is 0.450. The van der Waals surface area contributed by atoms with Gasteiger partial charge in [-0.2, -0.15) is 0 Å². The Morgan fingerprint density at radius 3 is 2.32 bits per heavy atom. The summed E-state index contributed by atoms with van der Waals surface area (Å²) in [5, 5.41) is 9.41. The van der Waals surface area contributed by atoms with Gasteiger partial charge in [-0.1, -0.05) is 48.5 Å². The number of hydrogen-bond acceptors (Lipinski definition) is 3. The zero-order valence-electron chi connectivity index (χ0n) is 16.3. The van der Waals surface area contributed by atoms with Gasteiger partial charge in [0.05, 0.1) is 6.54 Å². The highest BCUT2D eigenvalue weighted by Gasteiger charge is 2.43. The Morgan fingerprint density at radius 2 is 1.68 bits per heavy atom. The molecule has 2 aromatic carbocycles. The predicted octanol–water partition coefficient (Wildman–Crippen LogP) is 2.84. The first-order chi connectivity index (χ1) is 13.7. The number of hydrogen-bond donors (Lipinski definition) is 3. The van der Waals surface area contributed by atoms with Crippen molar-refractivity contribution in [2.45, 2.75) is 28.9 Å². The van der Waals surface area contributed by atoms with E-state index in [0.29, 0.717) is 12.5 Å². The number of nitrogens with one attached hydrogen (secondary N) is 3. The molecule has 1 aliphatic carbocycles. The zero-order valence-corrected chi connectivity index (χ0v) is 17.1. The molecule has 0 aliphatic heterocycles. The van der Waals surface area contributed by atoms with E-state index in [1.807, 2.05) is 36.0 Å². The highest BCUT2D eigenvalue weighted by Crippen LogP contribution is 2.51. The van der Waals surface area contributed by atoms with Crippen LogP contribution in [0.3, 0.4) is 0 Å². The van der Waals surface area contributed by atoms with Crippen molar-refractivity contribution < 1.29 is 4.79 Å². The molecule has 28 heavy (non-hydrogen) atoms. The van der Waals surface area contributed by atoms with Crippen LogP contribution in [0.1, 0.15) is 18.4 Å². The van der Waals surface area contributed by atoms with Crippen molar-refractivity contribution in [1.82, 2.24) is 16.0 Å². The number of guanidine groups is 1. The molecule has 0 bridgehead atoms. The molecule has 1 saturated carbocycles. The second-order valence-corrected chi connectivity index (χ2v) is 8.50. The summed E-state index contributed by atoms with van der Waals surface area (Å²) in [5.74, 6) is 0.636. The fourth-order valence-corrected chi connectivity index (χ4v) is 4.12. The highest BCUT2D eigenvalue weighted by molar-refractivity contribution is 8.01. The summed E-state index contributed by atoms with van der Waals surface area (Å²) in [7, 11) is 1.73. The van der Waals surface area contributed by atoms with Crippen LogP contribution >= 0.6 is 11.8 Å². The first-order valence-corrected chi connectivity index (χ1v) is 10.5. The van der Waals surface area contributed by atoms with E-state index in [0.717, 1.165) is 13.0 Å². The Kier molecular flexibility index (Phi) is 7.37. The van der Waals surface area contributed by atoms with Gasteiger partial charge in [-0.15, -0.1) is 11.8 Å². The number of rotatable bonds is 9. The molecule has 1 amide bonds. The van der Waals surface area contributed by atoms with Crippen LogP contribution in [-0.2, 0) is 11.2 Å². The van der Waals surface area contributed by atoms with Gasteiger partial charge in [-0.3, -0.25) is 9.79 Å². The molecule has 5 nitrogen and oxygen atoms in total. The Labute approximate surface area is 171 Å². The van der Waals surface area contributed by atoms with E-state index in [4.69, 9.17) is 0 Å². The molecule has 1 aliphatic rings. The second-order valence-electron chi connectivity index (χ2n) is 6.96. The van der Waals surface area contributed by atoms with Crippen LogP contribution in [0, 0.1) is 0 Å². The number of carbonyl (C=O) groups is 1. The van der Waals surface area contributed by atoms with Crippen molar-refractivity contribution in [3.05, 3.63) is 66.2 Å². The van der Waals surface area contributed by atoms with Gasteiger partial charge in [-0.25, -0.2) is 0 Å². The SMILES string of the molecule is CN=C(NCC(=O)NCCc1ccccc1)NCC1(Sc2ccccc2)CC1. The number of thioether (sulfide) groups is 1. The molecule has 3 N–H and O–H groups in total. The van der Waals surface area contributed by atoms with Crippen LogP contribution in [0.25, 0.3) is 0 Å². The van der Waals surface area contributed by atoms with E-state index in [9.17, 15) is 4.79 Å². The van der Waals surface area contributed by atoms with E-state index in [1.54, 1.807) is 7.05 Å². The molecule has 3 rings (SSSR count). The molecule has 2 aromatic rings. The molecule has 0 radical (unpaired) electrons. The average Bonchev–Trinajstić information content (AvgIpc) is 3.49. The summed E-state index contributed by atoms with van der Waals surface area (Å²) in [6.07, 6.45) is 3.21. The summed E-state index contributed by atoms with van der Waals surface area (Å²) in [6, 6.07) is 20.6.